The van der Waals surface area contributed by atoms with Crippen molar-refractivity contribution in [2.45, 2.75) is 50.7 Å². The van der Waals surface area contributed by atoms with E-state index >= 15 is 0 Å². The lowest BCUT2D eigenvalue weighted by Crippen LogP contribution is -2.39. The number of nitrogens with two attached hydrogens (primary N) is 1. The van der Waals surface area contributed by atoms with Crippen LogP contribution in [0.15, 0.2) is 43.0 Å². The molecule has 13 heteroatoms. The molecule has 40 heavy (non-hydrogen) atoms. The molecule has 0 bridgehead atoms. The first-order valence-corrected chi connectivity index (χ1v) is 12.8. The third-order valence-corrected chi connectivity index (χ3v) is 7.12. The van der Waals surface area contributed by atoms with E-state index in [0.717, 1.165) is 22.2 Å². The van der Waals surface area contributed by atoms with E-state index in [1.807, 2.05) is 48.3 Å². The van der Waals surface area contributed by atoms with Gasteiger partial charge in [-0.1, -0.05) is 0 Å². The molecule has 0 saturated carbocycles. The standard InChI is InChI=1S/C27H31N7O6/c1-27(2)39-20-21(23(28)35)38-26(22(20)40-27)34-12-16(17-8-9-33(3)32-17)19-24(30-13-31-25(19)34)29-11-14-6-7-15(36-4)10-18(14)37-5/h6-10,12-13,20-22,26H,11H2,1-5H3,(H2,28,35)(H,29,30,31). The topological polar surface area (TPSA) is 150 Å². The van der Waals surface area contributed by atoms with Crippen LogP contribution in [0.4, 0.5) is 5.82 Å². The van der Waals surface area contributed by atoms with Gasteiger partial charge in [0.15, 0.2) is 18.1 Å². The first-order valence-electron chi connectivity index (χ1n) is 12.8. The van der Waals surface area contributed by atoms with Crippen LogP contribution >= 0.6 is 0 Å². The van der Waals surface area contributed by atoms with Crippen LogP contribution in [0.1, 0.15) is 25.6 Å². The number of aryl methyl sites for hydroxylation is 1. The number of fused-ring (bicyclic) bond motifs is 2. The van der Waals surface area contributed by atoms with Gasteiger partial charge in [0.05, 0.1) is 25.3 Å². The Morgan fingerprint density at radius 3 is 2.65 bits per heavy atom. The Kier molecular flexibility index (Phi) is 6.36. The number of methoxy groups -OCH3 is 2. The average Bonchev–Trinajstić information content (AvgIpc) is 3.68. The summed E-state index contributed by atoms with van der Waals surface area (Å²) >= 11 is 0. The highest BCUT2D eigenvalue weighted by molar-refractivity contribution is 6.00. The molecule has 0 radical (unpaired) electrons. The van der Waals surface area contributed by atoms with Gasteiger partial charge in [0.1, 0.15) is 41.5 Å². The molecule has 13 nitrogen and oxygen atoms in total. The fraction of sp³-hybridized carbons (Fsp3) is 0.407. The highest BCUT2D eigenvalue weighted by Gasteiger charge is 2.58. The molecule has 0 spiro atoms. The molecule has 2 aliphatic rings. The summed E-state index contributed by atoms with van der Waals surface area (Å²) < 4.78 is 32.8. The maximum Gasteiger partial charge on any atom is 0.249 e. The molecular formula is C27H31N7O6. The number of aromatic nitrogens is 5. The van der Waals surface area contributed by atoms with Gasteiger partial charge in [0.25, 0.3) is 0 Å². The summed E-state index contributed by atoms with van der Waals surface area (Å²) in [7, 11) is 5.08. The summed E-state index contributed by atoms with van der Waals surface area (Å²) in [6, 6.07) is 7.55. The molecule has 0 aliphatic carbocycles. The number of benzene rings is 1. The van der Waals surface area contributed by atoms with Gasteiger partial charge in [-0.3, -0.25) is 9.48 Å². The van der Waals surface area contributed by atoms with Gasteiger partial charge in [-0.25, -0.2) is 9.97 Å². The Bertz CT molecular complexity index is 1580. The van der Waals surface area contributed by atoms with Crippen molar-refractivity contribution in [2.75, 3.05) is 19.5 Å². The van der Waals surface area contributed by atoms with Gasteiger partial charge < -0.3 is 39.3 Å². The molecule has 2 fully saturated rings. The Morgan fingerprint density at radius 2 is 1.95 bits per heavy atom. The van der Waals surface area contributed by atoms with Crippen LogP contribution in [-0.4, -0.2) is 68.5 Å². The second kappa shape index (κ2) is 9.77. The quantitative estimate of drug-likeness (QED) is 0.335. The molecule has 210 valence electrons. The summed E-state index contributed by atoms with van der Waals surface area (Å²) in [5.74, 6) is 0.447. The van der Waals surface area contributed by atoms with Gasteiger partial charge in [-0.15, -0.1) is 0 Å². The zero-order chi connectivity index (χ0) is 28.2. The number of rotatable bonds is 8. The van der Waals surface area contributed by atoms with E-state index < -0.39 is 36.2 Å². The third kappa shape index (κ3) is 4.41. The molecule has 3 aromatic heterocycles. The minimum atomic E-state index is -0.977. The van der Waals surface area contributed by atoms with Crippen molar-refractivity contribution in [1.82, 2.24) is 24.3 Å². The van der Waals surface area contributed by atoms with Crippen LogP contribution < -0.4 is 20.5 Å². The molecule has 1 amide bonds. The van der Waals surface area contributed by atoms with Crippen molar-refractivity contribution in [2.24, 2.45) is 12.8 Å². The SMILES string of the molecule is COc1ccc(CNc2ncnc3c2c(-c2ccn(C)n2)cn3C2OC(C(N)=O)C3OC(C)(C)OC32)c(OC)c1. The fourth-order valence-corrected chi connectivity index (χ4v) is 5.37. The number of primary amides is 1. The molecule has 2 saturated heterocycles. The average molecular weight is 550 g/mol. The summed E-state index contributed by atoms with van der Waals surface area (Å²) in [6.07, 6.45) is 2.27. The number of amides is 1. The Labute approximate surface area is 230 Å². The van der Waals surface area contributed by atoms with Crippen LogP contribution in [0, 0.1) is 0 Å². The Hall–Kier alpha value is -4.20. The van der Waals surface area contributed by atoms with Crippen LogP contribution in [0.5, 0.6) is 11.5 Å². The minimum Gasteiger partial charge on any atom is -0.497 e. The maximum atomic E-state index is 12.3. The van der Waals surface area contributed by atoms with E-state index in [9.17, 15) is 4.79 Å². The highest BCUT2D eigenvalue weighted by Crippen LogP contribution is 2.45. The predicted octanol–water partition coefficient (Wildman–Crippen LogP) is 2.36. The van der Waals surface area contributed by atoms with Crippen molar-refractivity contribution >= 4 is 22.8 Å². The smallest absolute Gasteiger partial charge is 0.249 e. The highest BCUT2D eigenvalue weighted by atomic mass is 16.8. The minimum absolute atomic E-state index is 0.422. The van der Waals surface area contributed by atoms with E-state index in [2.05, 4.69) is 20.4 Å². The summed E-state index contributed by atoms with van der Waals surface area (Å²) in [5.41, 5.74) is 8.66. The number of anilines is 1. The fourth-order valence-electron chi connectivity index (χ4n) is 5.37. The van der Waals surface area contributed by atoms with E-state index in [-0.39, 0.29) is 0 Å². The molecule has 4 atom stereocenters. The van der Waals surface area contributed by atoms with Gasteiger partial charge in [-0.05, 0) is 32.0 Å². The maximum absolute atomic E-state index is 12.3. The number of nitrogens with one attached hydrogen (secondary N) is 1. The van der Waals surface area contributed by atoms with E-state index in [1.54, 1.807) is 32.7 Å². The second-order valence-electron chi connectivity index (χ2n) is 10.2. The van der Waals surface area contributed by atoms with E-state index in [0.29, 0.717) is 29.5 Å². The Balaban J connectivity index is 1.44. The summed E-state index contributed by atoms with van der Waals surface area (Å²) in [6.45, 7) is 4.02. The van der Waals surface area contributed by atoms with Gasteiger partial charge in [0.2, 0.25) is 5.91 Å². The normalized spacial score (nSPS) is 23.3. The molecule has 3 N–H and O–H groups in total. The lowest BCUT2D eigenvalue weighted by atomic mass is 10.1. The molecular weight excluding hydrogens is 518 g/mol. The largest absolute Gasteiger partial charge is 0.497 e. The number of hydrogen-bond acceptors (Lipinski definition) is 10. The van der Waals surface area contributed by atoms with Crippen molar-refractivity contribution in [1.29, 1.82) is 0 Å². The van der Waals surface area contributed by atoms with Gasteiger partial charge >= 0.3 is 0 Å². The first-order chi connectivity index (χ1) is 19.2. The molecule has 4 unspecified atom stereocenters. The summed E-state index contributed by atoms with van der Waals surface area (Å²) in [4.78, 5) is 21.5. The van der Waals surface area contributed by atoms with Crippen LogP contribution in [0.25, 0.3) is 22.3 Å². The van der Waals surface area contributed by atoms with Crippen molar-refractivity contribution < 1.29 is 28.5 Å². The number of carbonyl (C=O) groups is 1. The summed E-state index contributed by atoms with van der Waals surface area (Å²) in [5, 5.41) is 8.79. The van der Waals surface area contributed by atoms with Crippen molar-refractivity contribution in [3.05, 3.63) is 48.5 Å². The first kappa shape index (κ1) is 26.0. The number of nitrogens with zero attached hydrogens (tertiary/aromatic N) is 5. The van der Waals surface area contributed by atoms with Crippen LogP contribution in [0.3, 0.4) is 0 Å². The van der Waals surface area contributed by atoms with Crippen molar-refractivity contribution in [3.8, 4) is 22.8 Å². The van der Waals surface area contributed by atoms with Gasteiger partial charge in [-0.2, -0.15) is 5.10 Å². The zero-order valence-corrected chi connectivity index (χ0v) is 22.8. The molecule has 2 aliphatic heterocycles. The molecule has 1 aromatic carbocycles. The molecule has 6 rings (SSSR count). The zero-order valence-electron chi connectivity index (χ0n) is 22.8. The number of carbonyl (C=O) groups excluding carboxylic acids is 1. The molecule has 5 heterocycles. The van der Waals surface area contributed by atoms with Crippen molar-refractivity contribution in [3.63, 3.8) is 0 Å². The van der Waals surface area contributed by atoms with Crippen LogP contribution in [-0.2, 0) is 32.6 Å². The predicted molar refractivity (Wildman–Crippen MR) is 144 cm³/mol. The van der Waals surface area contributed by atoms with E-state index in [4.69, 9.17) is 29.4 Å². The third-order valence-electron chi connectivity index (χ3n) is 7.12. The number of hydrogen-bond donors (Lipinski definition) is 2. The number of ether oxygens (including phenoxy) is 5. The van der Waals surface area contributed by atoms with E-state index in [1.165, 1.54) is 6.33 Å². The molecule has 4 aromatic rings. The lowest BCUT2D eigenvalue weighted by molar-refractivity contribution is -0.196. The second-order valence-corrected chi connectivity index (χ2v) is 10.2. The monoisotopic (exact) mass is 549 g/mol. The lowest BCUT2D eigenvalue weighted by Gasteiger charge is -2.24. The van der Waals surface area contributed by atoms with Gasteiger partial charge in [0, 0.05) is 43.2 Å². The van der Waals surface area contributed by atoms with Crippen LogP contribution in [0.2, 0.25) is 0 Å². The Morgan fingerprint density at radius 1 is 1.15 bits per heavy atom.